The summed E-state index contributed by atoms with van der Waals surface area (Å²) in [7, 11) is 0. The van der Waals surface area contributed by atoms with Crippen LogP contribution in [0, 0.1) is 12.7 Å². The minimum Gasteiger partial charge on any atom is -0.435 e. The topological polar surface area (TPSA) is 47.3 Å². The zero-order chi connectivity index (χ0) is 15.4. The minimum absolute atomic E-state index is 0.0235. The largest absolute Gasteiger partial charge is 0.435 e. The predicted molar refractivity (Wildman–Crippen MR) is 73.4 cm³/mol. The molecule has 21 heavy (non-hydrogen) atoms. The van der Waals surface area contributed by atoms with Gasteiger partial charge < -0.3 is 4.74 Å². The molecule has 0 saturated heterocycles. The highest BCUT2D eigenvalue weighted by Crippen LogP contribution is 2.26. The van der Waals surface area contributed by atoms with Gasteiger partial charge in [-0.05, 0) is 41.8 Å². The van der Waals surface area contributed by atoms with Crippen molar-refractivity contribution in [3.05, 3.63) is 65.0 Å². The summed E-state index contributed by atoms with van der Waals surface area (Å²) < 4.78 is 42.5. The highest BCUT2D eigenvalue weighted by Gasteiger charge is 2.15. The molecule has 0 bridgehead atoms. The Bertz CT molecular complexity index is 620. The van der Waals surface area contributed by atoms with Gasteiger partial charge in [-0.3, -0.25) is 5.84 Å². The molecule has 0 heterocycles. The lowest BCUT2D eigenvalue weighted by atomic mass is 9.98. The van der Waals surface area contributed by atoms with E-state index in [2.05, 4.69) is 10.2 Å². The fourth-order valence-corrected chi connectivity index (χ4v) is 2.04. The van der Waals surface area contributed by atoms with E-state index in [1.807, 2.05) is 0 Å². The van der Waals surface area contributed by atoms with Gasteiger partial charge >= 0.3 is 6.61 Å². The molecule has 2 rings (SSSR count). The van der Waals surface area contributed by atoms with E-state index in [9.17, 15) is 13.2 Å². The zero-order valence-corrected chi connectivity index (χ0v) is 11.3. The first-order valence-corrected chi connectivity index (χ1v) is 6.28. The maximum absolute atomic E-state index is 13.7. The lowest BCUT2D eigenvalue weighted by Crippen LogP contribution is -2.29. The Morgan fingerprint density at radius 3 is 2.43 bits per heavy atom. The lowest BCUT2D eigenvalue weighted by Gasteiger charge is -2.18. The Morgan fingerprint density at radius 1 is 1.10 bits per heavy atom. The second kappa shape index (κ2) is 6.60. The van der Waals surface area contributed by atoms with E-state index in [1.54, 1.807) is 31.2 Å². The fraction of sp³-hybridized carbons (Fsp3) is 0.200. The van der Waals surface area contributed by atoms with Crippen LogP contribution in [0.4, 0.5) is 13.2 Å². The molecule has 6 heteroatoms. The van der Waals surface area contributed by atoms with Gasteiger partial charge in [-0.1, -0.05) is 24.3 Å². The second-order valence-corrected chi connectivity index (χ2v) is 4.56. The Labute approximate surface area is 120 Å². The van der Waals surface area contributed by atoms with Crippen molar-refractivity contribution in [2.75, 3.05) is 0 Å². The normalized spacial score (nSPS) is 12.5. The molecule has 0 aliphatic carbocycles. The molecule has 1 unspecified atom stereocenters. The molecule has 2 aromatic rings. The smallest absolute Gasteiger partial charge is 0.387 e. The Hall–Kier alpha value is -2.05. The summed E-state index contributed by atoms with van der Waals surface area (Å²) in [4.78, 5) is 0. The van der Waals surface area contributed by atoms with E-state index in [-0.39, 0.29) is 11.6 Å². The van der Waals surface area contributed by atoms with Crippen LogP contribution in [0.15, 0.2) is 42.5 Å². The van der Waals surface area contributed by atoms with E-state index >= 15 is 0 Å². The van der Waals surface area contributed by atoms with Crippen LogP contribution in [-0.2, 0) is 0 Å². The summed E-state index contributed by atoms with van der Waals surface area (Å²) in [5, 5.41) is 0. The minimum atomic E-state index is -2.90. The number of alkyl halides is 2. The maximum atomic E-state index is 13.7. The molecule has 0 saturated carbocycles. The van der Waals surface area contributed by atoms with Crippen molar-refractivity contribution in [2.45, 2.75) is 19.6 Å². The van der Waals surface area contributed by atoms with Crippen LogP contribution in [0.1, 0.15) is 22.7 Å². The van der Waals surface area contributed by atoms with Crippen molar-refractivity contribution in [1.29, 1.82) is 0 Å². The molecule has 3 nitrogen and oxygen atoms in total. The van der Waals surface area contributed by atoms with E-state index in [4.69, 9.17) is 5.84 Å². The molecule has 1 atom stereocenters. The van der Waals surface area contributed by atoms with Crippen LogP contribution < -0.4 is 16.0 Å². The van der Waals surface area contributed by atoms with Crippen LogP contribution in [0.25, 0.3) is 0 Å². The van der Waals surface area contributed by atoms with E-state index < -0.39 is 12.7 Å². The average Bonchev–Trinajstić information content (AvgIpc) is 2.43. The van der Waals surface area contributed by atoms with Crippen LogP contribution in [0.3, 0.4) is 0 Å². The quantitative estimate of drug-likeness (QED) is 0.657. The molecule has 0 amide bonds. The third-order valence-electron chi connectivity index (χ3n) is 3.11. The maximum Gasteiger partial charge on any atom is 0.387 e. The monoisotopic (exact) mass is 296 g/mol. The Morgan fingerprint density at radius 2 is 1.81 bits per heavy atom. The number of rotatable bonds is 5. The molecule has 0 spiro atoms. The van der Waals surface area contributed by atoms with Gasteiger partial charge in [0.2, 0.25) is 0 Å². The van der Waals surface area contributed by atoms with Gasteiger partial charge in [-0.25, -0.2) is 9.82 Å². The number of ether oxygens (including phenoxy) is 1. The van der Waals surface area contributed by atoms with Crippen molar-refractivity contribution in [1.82, 2.24) is 5.43 Å². The average molecular weight is 296 g/mol. The zero-order valence-electron chi connectivity index (χ0n) is 11.3. The molecule has 3 N–H and O–H groups in total. The number of hydrogen-bond acceptors (Lipinski definition) is 3. The number of hydrazine groups is 1. The van der Waals surface area contributed by atoms with Crippen molar-refractivity contribution < 1.29 is 17.9 Å². The van der Waals surface area contributed by atoms with Crippen LogP contribution in [0.5, 0.6) is 5.75 Å². The summed E-state index contributed by atoms with van der Waals surface area (Å²) >= 11 is 0. The fourth-order valence-electron chi connectivity index (χ4n) is 2.04. The van der Waals surface area contributed by atoms with Gasteiger partial charge in [0.25, 0.3) is 0 Å². The number of halogens is 3. The molecule has 0 fully saturated rings. The first kappa shape index (κ1) is 15.3. The molecular formula is C15H15F3N2O. The SMILES string of the molecule is Cc1ccc(C(NN)c2cccc(OC(F)F)c2)cc1F. The lowest BCUT2D eigenvalue weighted by molar-refractivity contribution is -0.0498. The predicted octanol–water partition coefficient (Wildman–Crippen LogP) is 3.29. The van der Waals surface area contributed by atoms with Crippen LogP contribution >= 0.6 is 0 Å². The number of aryl methyl sites for hydroxylation is 1. The highest BCUT2D eigenvalue weighted by molar-refractivity contribution is 5.37. The third kappa shape index (κ3) is 3.74. The summed E-state index contributed by atoms with van der Waals surface area (Å²) in [6.45, 7) is -1.25. The van der Waals surface area contributed by atoms with Crippen LogP contribution in [-0.4, -0.2) is 6.61 Å². The van der Waals surface area contributed by atoms with Gasteiger partial charge in [0.1, 0.15) is 11.6 Å². The number of nitrogens with two attached hydrogens (primary N) is 1. The first-order valence-electron chi connectivity index (χ1n) is 6.28. The van der Waals surface area contributed by atoms with Crippen molar-refractivity contribution in [2.24, 2.45) is 5.84 Å². The van der Waals surface area contributed by atoms with E-state index in [1.165, 1.54) is 18.2 Å². The summed E-state index contributed by atoms with van der Waals surface area (Å²) in [6.07, 6.45) is 0. The molecule has 0 radical (unpaired) electrons. The van der Waals surface area contributed by atoms with E-state index in [0.717, 1.165) is 0 Å². The first-order chi connectivity index (χ1) is 10.0. The Balaban J connectivity index is 2.34. The molecule has 0 aromatic heterocycles. The summed E-state index contributed by atoms with van der Waals surface area (Å²) in [5.74, 6) is 5.18. The van der Waals surface area contributed by atoms with E-state index in [0.29, 0.717) is 16.7 Å². The van der Waals surface area contributed by atoms with Gasteiger partial charge in [-0.15, -0.1) is 0 Å². The standard InChI is InChI=1S/C15H15F3N2O/c1-9-5-6-11(8-13(9)16)14(20-19)10-3-2-4-12(7-10)21-15(17)18/h2-8,14-15,20H,19H2,1H3. The van der Waals surface area contributed by atoms with Crippen molar-refractivity contribution >= 4 is 0 Å². The molecule has 0 aliphatic rings. The Kier molecular flexibility index (Phi) is 4.82. The second-order valence-electron chi connectivity index (χ2n) is 4.56. The van der Waals surface area contributed by atoms with Gasteiger partial charge in [0.15, 0.2) is 0 Å². The van der Waals surface area contributed by atoms with Crippen molar-refractivity contribution in [3.8, 4) is 5.75 Å². The van der Waals surface area contributed by atoms with Gasteiger partial charge in [0.05, 0.1) is 6.04 Å². The number of benzene rings is 2. The van der Waals surface area contributed by atoms with Crippen LogP contribution in [0.2, 0.25) is 0 Å². The third-order valence-corrected chi connectivity index (χ3v) is 3.11. The molecular weight excluding hydrogens is 281 g/mol. The van der Waals surface area contributed by atoms with Gasteiger partial charge in [0, 0.05) is 0 Å². The molecule has 112 valence electrons. The van der Waals surface area contributed by atoms with Gasteiger partial charge in [-0.2, -0.15) is 8.78 Å². The van der Waals surface area contributed by atoms with Crippen molar-refractivity contribution in [3.63, 3.8) is 0 Å². The summed E-state index contributed by atoms with van der Waals surface area (Å²) in [6, 6.07) is 10.3. The molecule has 0 aliphatic heterocycles. The molecule has 2 aromatic carbocycles. The summed E-state index contributed by atoms with van der Waals surface area (Å²) in [5.41, 5.74) is 4.26. The number of hydrogen-bond donors (Lipinski definition) is 2. The highest BCUT2D eigenvalue weighted by atomic mass is 19.3. The number of nitrogens with one attached hydrogen (secondary N) is 1.